The van der Waals surface area contributed by atoms with Gasteiger partial charge in [-0.2, -0.15) is 0 Å². The summed E-state index contributed by atoms with van der Waals surface area (Å²) in [5, 5.41) is 41.2. The molecule has 2 aliphatic carbocycles. The average molecular weight is 516 g/mol. The summed E-state index contributed by atoms with van der Waals surface area (Å²) in [6.45, 7) is 1.23. The van der Waals surface area contributed by atoms with Gasteiger partial charge in [0.1, 0.15) is 18.1 Å². The number of amides is 2. The van der Waals surface area contributed by atoms with Crippen molar-refractivity contribution in [2.75, 3.05) is 13.2 Å². The van der Waals surface area contributed by atoms with E-state index in [-0.39, 0.29) is 44.1 Å². The van der Waals surface area contributed by atoms with Crippen molar-refractivity contribution in [2.45, 2.75) is 89.9 Å². The zero-order chi connectivity index (χ0) is 26.5. The van der Waals surface area contributed by atoms with Crippen molar-refractivity contribution in [1.82, 2.24) is 4.90 Å². The molecule has 204 valence electrons. The van der Waals surface area contributed by atoms with Gasteiger partial charge in [-0.15, -0.1) is 0 Å². The number of aliphatic hydroxyl groups is 4. The van der Waals surface area contributed by atoms with E-state index in [1.54, 1.807) is 12.1 Å². The molecular formula is C29H41NO7. The summed E-state index contributed by atoms with van der Waals surface area (Å²) in [5.74, 6) is -1.24. The highest BCUT2D eigenvalue weighted by Gasteiger charge is 2.56. The van der Waals surface area contributed by atoms with E-state index >= 15 is 0 Å². The maximum absolute atomic E-state index is 13.6. The fraction of sp³-hybridized carbons (Fsp3) is 0.655. The van der Waals surface area contributed by atoms with Crippen molar-refractivity contribution < 1.29 is 34.4 Å². The highest BCUT2D eigenvalue weighted by atomic mass is 16.4. The predicted octanol–water partition coefficient (Wildman–Crippen LogP) is 3.33. The standard InChI is InChI=1S/C29H41NO7/c1-2-6-18(13-21-10-11-22(16-32)37-21)9-12-25(34)26-19(15-31)14-23-27(24(26)17-33)29(36)30(28(23)35)20-7-4-3-5-8-20/h10-11,13,20,23-25,27,31-34H,2-9,12,14-17H2,1H3/b18-13+/t23-,24+,25-,27-/m1/s1. The maximum Gasteiger partial charge on any atom is 0.234 e. The molecule has 2 amide bonds. The van der Waals surface area contributed by atoms with Gasteiger partial charge in [-0.25, -0.2) is 0 Å². The van der Waals surface area contributed by atoms with Gasteiger partial charge in [0.25, 0.3) is 0 Å². The number of likely N-dealkylation sites (tertiary alicyclic amines) is 1. The molecule has 0 spiro atoms. The Morgan fingerprint density at radius 1 is 1.08 bits per heavy atom. The van der Waals surface area contributed by atoms with Crippen molar-refractivity contribution in [3.63, 3.8) is 0 Å². The summed E-state index contributed by atoms with van der Waals surface area (Å²) in [4.78, 5) is 28.4. The summed E-state index contributed by atoms with van der Waals surface area (Å²) in [7, 11) is 0. The van der Waals surface area contributed by atoms with Crippen LogP contribution in [0.3, 0.4) is 0 Å². The van der Waals surface area contributed by atoms with Crippen LogP contribution < -0.4 is 0 Å². The minimum absolute atomic E-state index is 0.0840. The van der Waals surface area contributed by atoms with Crippen LogP contribution in [0.25, 0.3) is 6.08 Å². The normalized spacial score (nSPS) is 26.2. The Kier molecular flexibility index (Phi) is 9.40. The third kappa shape index (κ3) is 5.77. The quantitative estimate of drug-likeness (QED) is 0.263. The first-order valence-electron chi connectivity index (χ1n) is 13.8. The molecule has 3 aliphatic rings. The van der Waals surface area contributed by atoms with Crippen LogP contribution in [0.15, 0.2) is 33.3 Å². The fourth-order valence-electron chi connectivity index (χ4n) is 6.66. The number of rotatable bonds is 11. The molecule has 37 heavy (non-hydrogen) atoms. The first kappa shape index (κ1) is 27.8. The lowest BCUT2D eigenvalue weighted by atomic mass is 9.68. The van der Waals surface area contributed by atoms with Gasteiger partial charge in [-0.1, -0.05) is 38.2 Å². The molecule has 0 bridgehead atoms. The van der Waals surface area contributed by atoms with Crippen molar-refractivity contribution in [2.24, 2.45) is 17.8 Å². The second-order valence-corrected chi connectivity index (χ2v) is 10.8. The van der Waals surface area contributed by atoms with E-state index in [4.69, 9.17) is 4.42 Å². The van der Waals surface area contributed by atoms with E-state index in [9.17, 15) is 30.0 Å². The molecule has 8 heteroatoms. The van der Waals surface area contributed by atoms with Crippen LogP contribution in [0.2, 0.25) is 0 Å². The molecule has 1 aromatic rings. The molecule has 2 heterocycles. The second-order valence-electron chi connectivity index (χ2n) is 10.8. The van der Waals surface area contributed by atoms with E-state index < -0.39 is 23.9 Å². The van der Waals surface area contributed by atoms with Crippen LogP contribution in [-0.4, -0.2) is 62.5 Å². The van der Waals surface area contributed by atoms with Crippen LogP contribution in [0.1, 0.15) is 82.7 Å². The molecule has 0 radical (unpaired) electrons. The molecule has 1 saturated heterocycles. The largest absolute Gasteiger partial charge is 0.459 e. The summed E-state index contributed by atoms with van der Waals surface area (Å²) in [6.07, 6.45) is 8.62. The highest BCUT2D eigenvalue weighted by molar-refractivity contribution is 6.06. The van der Waals surface area contributed by atoms with Gasteiger partial charge in [0.15, 0.2) is 0 Å². The molecule has 4 atom stereocenters. The number of fused-ring (bicyclic) bond motifs is 1. The highest BCUT2D eigenvalue weighted by Crippen LogP contribution is 2.47. The molecule has 2 fully saturated rings. The smallest absolute Gasteiger partial charge is 0.234 e. The monoisotopic (exact) mass is 515 g/mol. The predicted molar refractivity (Wildman–Crippen MR) is 138 cm³/mol. The average Bonchev–Trinajstić information content (AvgIpc) is 3.47. The lowest BCUT2D eigenvalue weighted by Gasteiger charge is -2.36. The zero-order valence-electron chi connectivity index (χ0n) is 21.8. The van der Waals surface area contributed by atoms with Crippen LogP contribution in [0, 0.1) is 17.8 Å². The van der Waals surface area contributed by atoms with Crippen LogP contribution in [0.5, 0.6) is 0 Å². The molecule has 1 aromatic heterocycles. The van der Waals surface area contributed by atoms with Gasteiger partial charge in [-0.05, 0) is 67.9 Å². The third-order valence-corrected chi connectivity index (χ3v) is 8.40. The van der Waals surface area contributed by atoms with Gasteiger partial charge in [0.2, 0.25) is 11.8 Å². The zero-order valence-corrected chi connectivity index (χ0v) is 21.8. The Bertz CT molecular complexity index is 1020. The first-order valence-corrected chi connectivity index (χ1v) is 13.8. The molecule has 0 aromatic carbocycles. The fourth-order valence-corrected chi connectivity index (χ4v) is 6.66. The van der Waals surface area contributed by atoms with Gasteiger partial charge >= 0.3 is 0 Å². The number of hydrogen-bond acceptors (Lipinski definition) is 7. The summed E-state index contributed by atoms with van der Waals surface area (Å²) >= 11 is 0. The topological polar surface area (TPSA) is 131 Å². The van der Waals surface area contributed by atoms with Crippen LogP contribution in [-0.2, 0) is 16.2 Å². The number of hydrogen-bond donors (Lipinski definition) is 4. The van der Waals surface area contributed by atoms with Gasteiger partial charge in [0, 0.05) is 12.0 Å². The molecule has 4 rings (SSSR count). The Morgan fingerprint density at radius 3 is 2.46 bits per heavy atom. The second kappa shape index (κ2) is 12.5. The Labute approximate surface area is 218 Å². The van der Waals surface area contributed by atoms with Crippen molar-refractivity contribution in [1.29, 1.82) is 0 Å². The van der Waals surface area contributed by atoms with E-state index in [0.29, 0.717) is 35.5 Å². The molecule has 0 unspecified atom stereocenters. The van der Waals surface area contributed by atoms with Crippen LogP contribution >= 0.6 is 0 Å². The minimum Gasteiger partial charge on any atom is -0.459 e. The first-order chi connectivity index (χ1) is 17.9. The van der Waals surface area contributed by atoms with Crippen molar-refractivity contribution in [3.05, 3.63) is 40.4 Å². The molecule has 1 saturated carbocycles. The number of imide groups is 1. The minimum atomic E-state index is -0.947. The number of nitrogens with zero attached hydrogens (tertiary/aromatic N) is 1. The molecular weight excluding hydrogens is 474 g/mol. The van der Waals surface area contributed by atoms with Gasteiger partial charge < -0.3 is 24.8 Å². The lowest BCUT2D eigenvalue weighted by molar-refractivity contribution is -0.143. The Hall–Kier alpha value is -2.26. The maximum atomic E-state index is 13.6. The van der Waals surface area contributed by atoms with Gasteiger partial charge in [0.05, 0.1) is 31.2 Å². The number of aliphatic hydroxyl groups excluding tert-OH is 4. The summed E-state index contributed by atoms with van der Waals surface area (Å²) < 4.78 is 5.59. The lowest BCUT2D eigenvalue weighted by Crippen LogP contribution is -2.42. The van der Waals surface area contributed by atoms with E-state index in [1.165, 1.54) is 4.90 Å². The number of carbonyl (C=O) groups excluding carboxylic acids is 2. The number of furan rings is 1. The molecule has 4 N–H and O–H groups in total. The molecule has 1 aliphatic heterocycles. The SMILES string of the molecule is CCC/C(=C\c1ccc(CO)o1)CC[C@@H](O)C1=C(CO)C[C@H]2C(=O)N(C3CCCCC3)C(=O)[C@H]2[C@H]1CO. The number of carbonyl (C=O) groups is 2. The van der Waals surface area contributed by atoms with Crippen LogP contribution in [0.4, 0.5) is 0 Å². The molecule has 8 nitrogen and oxygen atoms in total. The van der Waals surface area contributed by atoms with E-state index in [0.717, 1.165) is 50.5 Å². The Morgan fingerprint density at radius 2 is 1.84 bits per heavy atom. The Balaban J connectivity index is 1.53. The van der Waals surface area contributed by atoms with E-state index in [1.807, 2.05) is 6.08 Å². The van der Waals surface area contributed by atoms with E-state index in [2.05, 4.69) is 6.92 Å². The number of allylic oxidation sites excluding steroid dienone is 1. The summed E-state index contributed by atoms with van der Waals surface area (Å²) in [6, 6.07) is 3.44. The third-order valence-electron chi connectivity index (χ3n) is 8.40. The van der Waals surface area contributed by atoms with Crippen molar-refractivity contribution in [3.8, 4) is 0 Å². The summed E-state index contributed by atoms with van der Waals surface area (Å²) in [5.41, 5.74) is 2.17. The van der Waals surface area contributed by atoms with Crippen molar-refractivity contribution >= 4 is 17.9 Å². The van der Waals surface area contributed by atoms with Gasteiger partial charge in [-0.3, -0.25) is 14.5 Å².